The van der Waals surface area contributed by atoms with E-state index in [0.717, 1.165) is 41.2 Å². The minimum absolute atomic E-state index is 0.0377. The average Bonchev–Trinajstić information content (AvgIpc) is 3.60. The Hall–Kier alpha value is -4.59. The van der Waals surface area contributed by atoms with Gasteiger partial charge in [0.2, 0.25) is 5.89 Å². The largest absolute Gasteiger partial charge is 0.493 e. The highest BCUT2D eigenvalue weighted by molar-refractivity contribution is 5.77. The fraction of sp³-hybridized carbons (Fsp3) is 0.303. The highest BCUT2D eigenvalue weighted by Gasteiger charge is 2.40. The fourth-order valence-electron chi connectivity index (χ4n) is 5.16. The molecule has 3 aromatic carbocycles. The lowest BCUT2D eigenvalue weighted by Crippen LogP contribution is -2.32. The summed E-state index contributed by atoms with van der Waals surface area (Å²) in [6.07, 6.45) is 1.63. The Morgan fingerprint density at radius 3 is 2.41 bits per heavy atom. The Bertz CT molecular complexity index is 1450. The zero-order chi connectivity index (χ0) is 28.6. The number of rotatable bonds is 10. The fourth-order valence-corrected chi connectivity index (χ4v) is 5.16. The van der Waals surface area contributed by atoms with Crippen molar-refractivity contribution in [3.05, 3.63) is 102 Å². The number of aryl methyl sites for hydroxylation is 2. The molecule has 0 N–H and O–H groups in total. The lowest BCUT2D eigenvalue weighted by Gasteiger charge is -2.16. The van der Waals surface area contributed by atoms with Gasteiger partial charge in [0.25, 0.3) is 0 Å². The molecule has 8 heteroatoms. The number of oxazole rings is 1. The third-order valence-electron chi connectivity index (χ3n) is 7.37. The van der Waals surface area contributed by atoms with Gasteiger partial charge in [-0.05, 0) is 67.6 Å². The maximum absolute atomic E-state index is 12.8. The van der Waals surface area contributed by atoms with Crippen LogP contribution >= 0.6 is 0 Å². The number of esters is 1. The van der Waals surface area contributed by atoms with E-state index in [1.807, 2.05) is 79.7 Å². The van der Waals surface area contributed by atoms with Crippen LogP contribution < -0.4 is 9.47 Å². The van der Waals surface area contributed by atoms with Gasteiger partial charge in [0.1, 0.15) is 17.3 Å². The lowest BCUT2D eigenvalue weighted by molar-refractivity contribution is -0.146. The summed E-state index contributed by atoms with van der Waals surface area (Å²) in [7, 11) is 1.38. The van der Waals surface area contributed by atoms with Crippen molar-refractivity contribution in [2.45, 2.75) is 26.2 Å². The van der Waals surface area contributed by atoms with Crippen LogP contribution in [0.25, 0.3) is 11.5 Å². The number of ether oxygens (including phenoxy) is 3. The van der Waals surface area contributed by atoms with Gasteiger partial charge < -0.3 is 23.5 Å². The van der Waals surface area contributed by atoms with Crippen LogP contribution in [-0.4, -0.2) is 48.8 Å². The normalized spacial score (nSPS) is 16.4. The average molecular weight is 555 g/mol. The van der Waals surface area contributed by atoms with Crippen molar-refractivity contribution in [3.8, 4) is 23.0 Å². The predicted molar refractivity (Wildman–Crippen MR) is 154 cm³/mol. The number of benzene rings is 3. The number of methoxy groups -OCH3 is 1. The molecule has 1 aliphatic heterocycles. The summed E-state index contributed by atoms with van der Waals surface area (Å²) in [5.41, 5.74) is 2.93. The molecule has 0 saturated carbocycles. The molecule has 0 spiro atoms. The summed E-state index contributed by atoms with van der Waals surface area (Å²) < 4.78 is 22.4. The van der Waals surface area contributed by atoms with Gasteiger partial charge in [-0.15, -0.1) is 0 Å². The maximum atomic E-state index is 12.8. The molecule has 2 atom stereocenters. The van der Waals surface area contributed by atoms with Crippen LogP contribution in [0.1, 0.15) is 23.4 Å². The number of para-hydroxylation sites is 1. The van der Waals surface area contributed by atoms with E-state index in [4.69, 9.17) is 18.6 Å². The van der Waals surface area contributed by atoms with Gasteiger partial charge >= 0.3 is 12.1 Å². The second-order valence-electron chi connectivity index (χ2n) is 10.1. The first-order valence-electron chi connectivity index (χ1n) is 13.8. The number of hydrogen-bond acceptors (Lipinski definition) is 7. The molecule has 2 heterocycles. The van der Waals surface area contributed by atoms with Crippen LogP contribution in [0.2, 0.25) is 0 Å². The molecule has 41 heavy (non-hydrogen) atoms. The van der Waals surface area contributed by atoms with Crippen molar-refractivity contribution >= 4 is 12.1 Å². The summed E-state index contributed by atoms with van der Waals surface area (Å²) in [6.45, 7) is 3.10. The molecule has 212 valence electrons. The zero-order valence-electron chi connectivity index (χ0n) is 23.3. The molecule has 1 aromatic heterocycles. The van der Waals surface area contributed by atoms with E-state index in [0.29, 0.717) is 31.2 Å². The van der Waals surface area contributed by atoms with Crippen LogP contribution in [0.3, 0.4) is 0 Å². The van der Waals surface area contributed by atoms with Crippen molar-refractivity contribution in [3.63, 3.8) is 0 Å². The zero-order valence-corrected chi connectivity index (χ0v) is 23.3. The molecule has 1 saturated heterocycles. The number of aromatic nitrogens is 1. The molecule has 0 aliphatic carbocycles. The Morgan fingerprint density at radius 2 is 1.66 bits per heavy atom. The van der Waals surface area contributed by atoms with Crippen LogP contribution in [0.5, 0.6) is 11.5 Å². The molecule has 0 radical (unpaired) electrons. The van der Waals surface area contributed by atoms with Gasteiger partial charge in [0.05, 0.1) is 25.3 Å². The molecular formula is C33H34N2O6. The van der Waals surface area contributed by atoms with Gasteiger partial charge in [0, 0.05) is 25.1 Å². The molecule has 8 nitrogen and oxygen atoms in total. The third-order valence-corrected chi connectivity index (χ3v) is 7.37. The summed E-state index contributed by atoms with van der Waals surface area (Å²) in [4.78, 5) is 31.5. The number of nitrogens with zero attached hydrogens (tertiary/aromatic N) is 2. The first kappa shape index (κ1) is 28.0. The summed E-state index contributed by atoms with van der Waals surface area (Å²) >= 11 is 0. The molecule has 1 fully saturated rings. The van der Waals surface area contributed by atoms with Gasteiger partial charge in [-0.25, -0.2) is 9.78 Å². The van der Waals surface area contributed by atoms with Crippen molar-refractivity contribution in [2.24, 2.45) is 11.8 Å². The van der Waals surface area contributed by atoms with Crippen LogP contribution in [0.4, 0.5) is 4.79 Å². The van der Waals surface area contributed by atoms with E-state index in [-0.39, 0.29) is 18.4 Å². The molecular weight excluding hydrogens is 520 g/mol. The van der Waals surface area contributed by atoms with Gasteiger partial charge in [-0.2, -0.15) is 0 Å². The second-order valence-corrected chi connectivity index (χ2v) is 10.1. The van der Waals surface area contributed by atoms with Gasteiger partial charge in [-0.1, -0.05) is 48.5 Å². The predicted octanol–water partition coefficient (Wildman–Crippen LogP) is 6.12. The van der Waals surface area contributed by atoms with E-state index in [2.05, 4.69) is 4.98 Å². The SMILES string of the molecule is COC(=O)[C@H]1CN(C(=O)Oc2ccccc2)C[C@H]1CCc1cccc(OCCc2nc(-c3ccccc3)oc2C)c1. The number of likely N-dealkylation sites (tertiary alicyclic amines) is 1. The topological polar surface area (TPSA) is 91.1 Å². The van der Waals surface area contributed by atoms with Crippen molar-refractivity contribution in [2.75, 3.05) is 26.8 Å². The monoisotopic (exact) mass is 554 g/mol. The van der Waals surface area contributed by atoms with E-state index in [1.54, 1.807) is 17.0 Å². The van der Waals surface area contributed by atoms with Crippen LogP contribution in [0, 0.1) is 18.8 Å². The minimum atomic E-state index is -0.457. The standard InChI is InChI=1S/C33H34N2O6/c1-23-30(34-31(40-23)25-11-5-3-6-12-25)18-19-39-28-15-9-10-24(20-28)16-17-26-21-35(22-29(26)32(36)38-2)33(37)41-27-13-7-4-8-14-27/h3-15,20,26,29H,16-19,21-22H2,1-2H3/t26-,29+/m1/s1. The molecule has 4 aromatic rings. The Morgan fingerprint density at radius 1 is 0.927 bits per heavy atom. The van der Waals surface area contributed by atoms with Crippen molar-refractivity contribution < 1.29 is 28.2 Å². The number of carbonyl (C=O) groups excluding carboxylic acids is 2. The summed E-state index contributed by atoms with van der Waals surface area (Å²) in [5.74, 6) is 1.92. The Kier molecular flexibility index (Phi) is 8.98. The first-order chi connectivity index (χ1) is 20.0. The highest BCUT2D eigenvalue weighted by Crippen LogP contribution is 2.30. The smallest absolute Gasteiger partial charge is 0.415 e. The van der Waals surface area contributed by atoms with Gasteiger partial charge in [0.15, 0.2) is 0 Å². The molecule has 0 bridgehead atoms. The molecule has 0 unspecified atom stereocenters. The maximum Gasteiger partial charge on any atom is 0.415 e. The van der Waals surface area contributed by atoms with E-state index in [1.165, 1.54) is 7.11 Å². The minimum Gasteiger partial charge on any atom is -0.493 e. The van der Waals surface area contributed by atoms with Gasteiger partial charge in [-0.3, -0.25) is 4.79 Å². The third kappa shape index (κ3) is 7.14. The number of carbonyl (C=O) groups is 2. The van der Waals surface area contributed by atoms with Crippen LogP contribution in [0.15, 0.2) is 89.3 Å². The van der Waals surface area contributed by atoms with E-state index < -0.39 is 12.0 Å². The van der Waals surface area contributed by atoms with Crippen molar-refractivity contribution in [1.82, 2.24) is 9.88 Å². The van der Waals surface area contributed by atoms with E-state index in [9.17, 15) is 9.59 Å². The molecule has 1 amide bonds. The van der Waals surface area contributed by atoms with E-state index >= 15 is 0 Å². The first-order valence-corrected chi connectivity index (χ1v) is 13.8. The Balaban J connectivity index is 1.15. The lowest BCUT2D eigenvalue weighted by atomic mass is 9.90. The quantitative estimate of drug-likeness (QED) is 0.218. The number of amides is 1. The van der Waals surface area contributed by atoms with Crippen LogP contribution in [-0.2, 0) is 22.4 Å². The highest BCUT2D eigenvalue weighted by atomic mass is 16.6. The summed E-state index contributed by atoms with van der Waals surface area (Å²) in [5, 5.41) is 0. The summed E-state index contributed by atoms with van der Waals surface area (Å²) in [6, 6.07) is 26.7. The number of hydrogen-bond donors (Lipinski definition) is 0. The molecule has 5 rings (SSSR count). The molecule has 1 aliphatic rings. The second kappa shape index (κ2) is 13.2. The Labute approximate surface area is 239 Å². The van der Waals surface area contributed by atoms with Crippen molar-refractivity contribution in [1.29, 1.82) is 0 Å².